The first kappa shape index (κ1) is 20.8. The van der Waals surface area contributed by atoms with Gasteiger partial charge in [0.05, 0.1) is 11.7 Å². The summed E-state index contributed by atoms with van der Waals surface area (Å²) in [6.45, 7) is 7.28. The Morgan fingerprint density at radius 3 is 2.65 bits per heavy atom. The number of H-pyrrole nitrogens is 1. The van der Waals surface area contributed by atoms with Crippen molar-refractivity contribution in [2.45, 2.75) is 45.7 Å². The molecule has 0 bridgehead atoms. The first-order valence-corrected chi connectivity index (χ1v) is 11.8. The van der Waals surface area contributed by atoms with Crippen molar-refractivity contribution in [1.82, 2.24) is 25.5 Å². The van der Waals surface area contributed by atoms with E-state index in [4.69, 9.17) is 4.42 Å². The Balaban J connectivity index is 1.36. The third kappa shape index (κ3) is 3.60. The molecule has 6 heteroatoms. The van der Waals surface area contributed by atoms with E-state index in [-0.39, 0.29) is 6.04 Å². The van der Waals surface area contributed by atoms with Gasteiger partial charge in [-0.1, -0.05) is 38.1 Å². The van der Waals surface area contributed by atoms with E-state index in [2.05, 4.69) is 87.9 Å². The molecule has 0 amide bonds. The number of nitrogens with one attached hydrogen (secondary N) is 2. The van der Waals surface area contributed by atoms with E-state index in [1.54, 1.807) is 0 Å². The summed E-state index contributed by atoms with van der Waals surface area (Å²) in [6.07, 6.45) is 2.71. The molecule has 1 aliphatic rings. The third-order valence-electron chi connectivity index (χ3n) is 6.67. The minimum atomic E-state index is 0.0277. The highest BCUT2D eigenvalue weighted by atomic mass is 16.4. The first-order valence-electron chi connectivity index (χ1n) is 11.8. The van der Waals surface area contributed by atoms with Crippen molar-refractivity contribution < 1.29 is 4.42 Å². The van der Waals surface area contributed by atoms with Gasteiger partial charge >= 0.3 is 0 Å². The Kier molecular flexibility index (Phi) is 5.03. The molecule has 0 fully saturated rings. The Labute approximate surface area is 198 Å². The molecule has 1 atom stereocenters. The molecule has 6 nitrogen and oxygen atoms in total. The molecule has 6 rings (SSSR count). The van der Waals surface area contributed by atoms with Gasteiger partial charge in [-0.3, -0.25) is 4.98 Å². The zero-order chi connectivity index (χ0) is 23.2. The van der Waals surface area contributed by atoms with Crippen LogP contribution in [0.2, 0.25) is 0 Å². The monoisotopic (exact) mass is 449 g/mol. The molecule has 0 unspecified atom stereocenters. The lowest BCUT2D eigenvalue weighted by Gasteiger charge is -2.23. The van der Waals surface area contributed by atoms with Gasteiger partial charge in [0.2, 0.25) is 11.8 Å². The highest BCUT2D eigenvalue weighted by molar-refractivity contribution is 5.93. The predicted octanol–water partition coefficient (Wildman–Crippen LogP) is 6.10. The summed E-state index contributed by atoms with van der Waals surface area (Å²) in [5.74, 6) is 1.53. The summed E-state index contributed by atoms with van der Waals surface area (Å²) in [5.41, 5.74) is 9.28. The molecule has 0 saturated carbocycles. The van der Waals surface area contributed by atoms with E-state index >= 15 is 0 Å². The van der Waals surface area contributed by atoms with Crippen molar-refractivity contribution in [2.75, 3.05) is 0 Å². The molecule has 0 radical (unpaired) electrons. The lowest BCUT2D eigenvalue weighted by atomic mass is 9.95. The molecule has 0 aliphatic carbocycles. The highest BCUT2D eigenvalue weighted by Gasteiger charge is 2.25. The lowest BCUT2D eigenvalue weighted by Crippen LogP contribution is -2.28. The third-order valence-corrected chi connectivity index (χ3v) is 6.67. The van der Waals surface area contributed by atoms with Gasteiger partial charge in [0.1, 0.15) is 0 Å². The summed E-state index contributed by atoms with van der Waals surface area (Å²) < 4.78 is 6.18. The van der Waals surface area contributed by atoms with Crippen molar-refractivity contribution in [1.29, 1.82) is 0 Å². The summed E-state index contributed by atoms with van der Waals surface area (Å²) >= 11 is 0. The largest absolute Gasteiger partial charge is 0.419 e. The van der Waals surface area contributed by atoms with E-state index in [0.717, 1.165) is 41.0 Å². The topological polar surface area (TPSA) is 79.6 Å². The Morgan fingerprint density at radius 1 is 0.971 bits per heavy atom. The number of aryl methyl sites for hydroxylation is 1. The summed E-state index contributed by atoms with van der Waals surface area (Å²) in [5, 5.41) is 13.5. The second-order valence-corrected chi connectivity index (χ2v) is 9.37. The van der Waals surface area contributed by atoms with E-state index in [1.165, 1.54) is 22.1 Å². The van der Waals surface area contributed by atoms with Crippen molar-refractivity contribution in [3.63, 3.8) is 0 Å². The second kappa shape index (κ2) is 8.22. The zero-order valence-electron chi connectivity index (χ0n) is 19.6. The molecule has 170 valence electrons. The van der Waals surface area contributed by atoms with Crippen LogP contribution in [0, 0.1) is 6.92 Å². The van der Waals surface area contributed by atoms with E-state index < -0.39 is 0 Å². The average molecular weight is 450 g/mol. The van der Waals surface area contributed by atoms with Crippen LogP contribution in [-0.2, 0) is 13.0 Å². The molecule has 3 aromatic heterocycles. The average Bonchev–Trinajstić information content (AvgIpc) is 3.49. The SMILES string of the molecule is Cc1cc(-c2[nH]c3ccc(-c4nnc([C@@H]5Cc6ccccc6CN5)o4)cc3c2C(C)C)ccn1. The number of hydrogen-bond acceptors (Lipinski definition) is 5. The molecule has 0 spiro atoms. The van der Waals surface area contributed by atoms with Crippen LogP contribution in [0.5, 0.6) is 0 Å². The van der Waals surface area contributed by atoms with Crippen molar-refractivity contribution in [3.05, 3.63) is 89.1 Å². The fraction of sp³-hybridized carbons (Fsp3) is 0.250. The molecule has 34 heavy (non-hydrogen) atoms. The van der Waals surface area contributed by atoms with Gasteiger partial charge in [-0.25, -0.2) is 0 Å². The van der Waals surface area contributed by atoms with Crippen LogP contribution in [0.3, 0.4) is 0 Å². The molecule has 1 aliphatic heterocycles. The number of benzene rings is 2. The lowest BCUT2D eigenvalue weighted by molar-refractivity contribution is 0.386. The van der Waals surface area contributed by atoms with Gasteiger partial charge in [0.25, 0.3) is 0 Å². The number of rotatable bonds is 4. The predicted molar refractivity (Wildman–Crippen MR) is 133 cm³/mol. The van der Waals surface area contributed by atoms with Crippen molar-refractivity contribution in [3.8, 4) is 22.7 Å². The molecule has 0 saturated heterocycles. The summed E-state index contributed by atoms with van der Waals surface area (Å²) in [7, 11) is 0. The number of nitrogens with zero attached hydrogens (tertiary/aromatic N) is 3. The van der Waals surface area contributed by atoms with Crippen molar-refractivity contribution >= 4 is 10.9 Å². The maximum absolute atomic E-state index is 6.18. The molecule has 2 aromatic carbocycles. The van der Waals surface area contributed by atoms with E-state index in [1.807, 2.05) is 19.2 Å². The van der Waals surface area contributed by atoms with Crippen LogP contribution in [0.25, 0.3) is 33.6 Å². The van der Waals surface area contributed by atoms with Crippen LogP contribution in [-0.4, -0.2) is 20.2 Å². The number of fused-ring (bicyclic) bond motifs is 2. The number of aromatic nitrogens is 4. The molecule has 5 aromatic rings. The van der Waals surface area contributed by atoms with Crippen LogP contribution in [0.4, 0.5) is 0 Å². The van der Waals surface area contributed by atoms with E-state index in [9.17, 15) is 0 Å². The normalized spacial score (nSPS) is 15.7. The quantitative estimate of drug-likeness (QED) is 0.347. The Morgan fingerprint density at radius 2 is 1.82 bits per heavy atom. The molecule has 2 N–H and O–H groups in total. The number of pyridine rings is 1. The van der Waals surface area contributed by atoms with Crippen LogP contribution in [0.15, 0.2) is 65.2 Å². The fourth-order valence-corrected chi connectivity index (χ4v) is 5.00. The molecule has 4 heterocycles. The first-order chi connectivity index (χ1) is 16.6. The minimum Gasteiger partial charge on any atom is -0.419 e. The van der Waals surface area contributed by atoms with Gasteiger partial charge in [-0.05, 0) is 66.3 Å². The fourth-order valence-electron chi connectivity index (χ4n) is 5.00. The zero-order valence-corrected chi connectivity index (χ0v) is 19.6. The minimum absolute atomic E-state index is 0.0277. The second-order valence-electron chi connectivity index (χ2n) is 9.37. The van der Waals surface area contributed by atoms with Gasteiger partial charge in [0, 0.05) is 40.5 Å². The maximum atomic E-state index is 6.18. The summed E-state index contributed by atoms with van der Waals surface area (Å²) in [6, 6.07) is 19.0. The Hall–Kier alpha value is -3.77. The van der Waals surface area contributed by atoms with Crippen molar-refractivity contribution in [2.24, 2.45) is 0 Å². The van der Waals surface area contributed by atoms with Gasteiger partial charge in [-0.15, -0.1) is 10.2 Å². The summed E-state index contributed by atoms with van der Waals surface area (Å²) in [4.78, 5) is 7.98. The van der Waals surface area contributed by atoms with E-state index in [0.29, 0.717) is 17.7 Å². The highest BCUT2D eigenvalue weighted by Crippen LogP contribution is 2.37. The van der Waals surface area contributed by atoms with Gasteiger partial charge in [-0.2, -0.15) is 0 Å². The standard InChI is InChI=1S/C28H27N5O/c1-16(2)25-22-13-20(8-9-23(22)31-26(25)19-10-11-29-17(3)12-19)27-32-33-28(34-27)24-14-18-6-4-5-7-21(18)15-30-24/h4-13,16,24,30-31H,14-15H2,1-3H3/t24-/m0/s1. The van der Waals surface area contributed by atoms with Gasteiger partial charge < -0.3 is 14.7 Å². The number of hydrogen-bond donors (Lipinski definition) is 2. The smallest absolute Gasteiger partial charge is 0.247 e. The Bertz CT molecular complexity index is 1500. The maximum Gasteiger partial charge on any atom is 0.247 e. The molecular formula is C28H27N5O. The van der Waals surface area contributed by atoms with Crippen LogP contribution in [0.1, 0.15) is 54.1 Å². The van der Waals surface area contributed by atoms with Gasteiger partial charge in [0.15, 0.2) is 0 Å². The molecular weight excluding hydrogens is 422 g/mol. The number of aromatic amines is 1. The van der Waals surface area contributed by atoms with Crippen LogP contribution < -0.4 is 5.32 Å². The van der Waals surface area contributed by atoms with Crippen LogP contribution >= 0.6 is 0 Å².